The SMILES string of the molecule is ClC1CCCCC1CC1=CCCC1. The van der Waals surface area contributed by atoms with Crippen molar-refractivity contribution in [2.45, 2.75) is 56.7 Å². The molecule has 2 rings (SSSR count). The zero-order valence-corrected chi connectivity index (χ0v) is 9.02. The highest BCUT2D eigenvalue weighted by molar-refractivity contribution is 6.20. The molecule has 0 aromatic rings. The van der Waals surface area contributed by atoms with Gasteiger partial charge in [0.25, 0.3) is 0 Å². The fourth-order valence-corrected chi connectivity index (χ4v) is 3.02. The first-order chi connectivity index (χ1) is 6.36. The predicted octanol–water partition coefficient (Wildman–Crippen LogP) is 4.28. The van der Waals surface area contributed by atoms with Crippen molar-refractivity contribution in [1.29, 1.82) is 0 Å². The molecule has 1 heteroatoms. The quantitative estimate of drug-likeness (QED) is 0.459. The minimum atomic E-state index is 0.468. The lowest BCUT2D eigenvalue weighted by Gasteiger charge is -2.27. The monoisotopic (exact) mass is 198 g/mol. The van der Waals surface area contributed by atoms with Crippen LogP contribution in [0.25, 0.3) is 0 Å². The predicted molar refractivity (Wildman–Crippen MR) is 58.2 cm³/mol. The van der Waals surface area contributed by atoms with E-state index in [4.69, 9.17) is 11.6 Å². The van der Waals surface area contributed by atoms with E-state index in [1.165, 1.54) is 51.4 Å². The summed E-state index contributed by atoms with van der Waals surface area (Å²) >= 11 is 6.33. The van der Waals surface area contributed by atoms with Crippen LogP contribution in [0.5, 0.6) is 0 Å². The third-order valence-corrected chi connectivity index (χ3v) is 4.05. The number of halogens is 1. The lowest BCUT2D eigenvalue weighted by Crippen LogP contribution is -2.19. The van der Waals surface area contributed by atoms with Crippen LogP contribution < -0.4 is 0 Å². The normalized spacial score (nSPS) is 34.7. The van der Waals surface area contributed by atoms with E-state index in [9.17, 15) is 0 Å². The molecule has 13 heavy (non-hydrogen) atoms. The van der Waals surface area contributed by atoms with Gasteiger partial charge in [0, 0.05) is 5.38 Å². The van der Waals surface area contributed by atoms with Crippen LogP contribution in [0.1, 0.15) is 51.4 Å². The maximum Gasteiger partial charge on any atom is 0.0367 e. The lowest BCUT2D eigenvalue weighted by atomic mass is 9.84. The topological polar surface area (TPSA) is 0 Å². The molecule has 0 N–H and O–H groups in total. The standard InChI is InChI=1S/C12H19Cl/c13-12-8-4-3-7-11(12)9-10-5-1-2-6-10/h5,11-12H,1-4,6-9H2. The summed E-state index contributed by atoms with van der Waals surface area (Å²) in [6.07, 6.45) is 13.2. The minimum absolute atomic E-state index is 0.468. The molecule has 0 amide bonds. The van der Waals surface area contributed by atoms with E-state index < -0.39 is 0 Å². The lowest BCUT2D eigenvalue weighted by molar-refractivity contribution is 0.361. The van der Waals surface area contributed by atoms with Crippen molar-refractivity contribution in [2.75, 3.05) is 0 Å². The second-order valence-electron chi connectivity index (χ2n) is 4.52. The first kappa shape index (κ1) is 9.58. The van der Waals surface area contributed by atoms with Crippen molar-refractivity contribution in [3.05, 3.63) is 11.6 Å². The summed E-state index contributed by atoms with van der Waals surface area (Å²) in [6.45, 7) is 0. The minimum Gasteiger partial charge on any atom is -0.123 e. The Hall–Kier alpha value is 0.0300. The number of hydrogen-bond acceptors (Lipinski definition) is 0. The summed E-state index contributed by atoms with van der Waals surface area (Å²) in [6, 6.07) is 0. The van der Waals surface area contributed by atoms with Gasteiger partial charge in [-0.3, -0.25) is 0 Å². The number of allylic oxidation sites excluding steroid dienone is 2. The molecule has 0 radical (unpaired) electrons. The molecule has 0 nitrogen and oxygen atoms in total. The Balaban J connectivity index is 1.85. The van der Waals surface area contributed by atoms with Crippen LogP contribution in [0, 0.1) is 5.92 Å². The fraction of sp³-hybridized carbons (Fsp3) is 0.833. The summed E-state index contributed by atoms with van der Waals surface area (Å²) in [4.78, 5) is 0. The molecule has 2 aliphatic carbocycles. The summed E-state index contributed by atoms with van der Waals surface area (Å²) < 4.78 is 0. The summed E-state index contributed by atoms with van der Waals surface area (Å²) in [7, 11) is 0. The van der Waals surface area contributed by atoms with E-state index in [0.717, 1.165) is 5.92 Å². The molecule has 0 saturated heterocycles. The molecule has 0 aliphatic heterocycles. The Kier molecular flexibility index (Phi) is 3.32. The Labute approximate surface area is 86.4 Å². The molecule has 1 fully saturated rings. The average Bonchev–Trinajstić information content (AvgIpc) is 2.61. The van der Waals surface area contributed by atoms with E-state index in [2.05, 4.69) is 6.08 Å². The Morgan fingerprint density at radius 3 is 2.77 bits per heavy atom. The van der Waals surface area contributed by atoms with Crippen LogP contribution in [0.2, 0.25) is 0 Å². The van der Waals surface area contributed by atoms with Crippen LogP contribution in [0.4, 0.5) is 0 Å². The number of hydrogen-bond donors (Lipinski definition) is 0. The van der Waals surface area contributed by atoms with Crippen molar-refractivity contribution >= 4 is 11.6 Å². The Bertz CT molecular complexity index is 195. The molecule has 0 spiro atoms. The Morgan fingerprint density at radius 2 is 2.08 bits per heavy atom. The highest BCUT2D eigenvalue weighted by Gasteiger charge is 2.24. The van der Waals surface area contributed by atoms with Gasteiger partial charge in [0.05, 0.1) is 0 Å². The molecular formula is C12H19Cl. The van der Waals surface area contributed by atoms with Crippen molar-refractivity contribution in [1.82, 2.24) is 0 Å². The van der Waals surface area contributed by atoms with Gasteiger partial charge < -0.3 is 0 Å². The number of alkyl halides is 1. The molecule has 0 aromatic carbocycles. The maximum atomic E-state index is 6.33. The Morgan fingerprint density at radius 1 is 1.23 bits per heavy atom. The molecule has 2 unspecified atom stereocenters. The maximum absolute atomic E-state index is 6.33. The van der Waals surface area contributed by atoms with Crippen molar-refractivity contribution in [3.8, 4) is 0 Å². The van der Waals surface area contributed by atoms with Crippen LogP contribution >= 0.6 is 11.6 Å². The number of rotatable bonds is 2. The van der Waals surface area contributed by atoms with Crippen LogP contribution in [0.15, 0.2) is 11.6 Å². The van der Waals surface area contributed by atoms with Crippen LogP contribution in [0.3, 0.4) is 0 Å². The van der Waals surface area contributed by atoms with Crippen molar-refractivity contribution < 1.29 is 0 Å². The van der Waals surface area contributed by atoms with Gasteiger partial charge in [0.15, 0.2) is 0 Å². The highest BCUT2D eigenvalue weighted by atomic mass is 35.5. The summed E-state index contributed by atoms with van der Waals surface area (Å²) in [5.74, 6) is 0.791. The molecular weight excluding hydrogens is 180 g/mol. The first-order valence-corrected chi connectivity index (χ1v) is 6.12. The molecule has 1 saturated carbocycles. The van der Waals surface area contributed by atoms with E-state index >= 15 is 0 Å². The summed E-state index contributed by atoms with van der Waals surface area (Å²) in [5, 5.41) is 0.468. The van der Waals surface area contributed by atoms with E-state index in [1.807, 2.05) is 0 Å². The van der Waals surface area contributed by atoms with Crippen LogP contribution in [-0.4, -0.2) is 5.38 Å². The van der Waals surface area contributed by atoms with Gasteiger partial charge in [0.2, 0.25) is 0 Å². The van der Waals surface area contributed by atoms with E-state index in [-0.39, 0.29) is 0 Å². The first-order valence-electron chi connectivity index (χ1n) is 5.68. The van der Waals surface area contributed by atoms with E-state index in [0.29, 0.717) is 5.38 Å². The van der Waals surface area contributed by atoms with Crippen LogP contribution in [-0.2, 0) is 0 Å². The average molecular weight is 199 g/mol. The molecule has 74 valence electrons. The fourth-order valence-electron chi connectivity index (χ4n) is 2.65. The molecule has 2 aliphatic rings. The third kappa shape index (κ3) is 2.49. The van der Waals surface area contributed by atoms with Gasteiger partial charge >= 0.3 is 0 Å². The van der Waals surface area contributed by atoms with E-state index in [1.54, 1.807) is 5.57 Å². The van der Waals surface area contributed by atoms with Crippen molar-refractivity contribution in [3.63, 3.8) is 0 Å². The van der Waals surface area contributed by atoms with Gasteiger partial charge in [-0.1, -0.05) is 24.5 Å². The molecule has 0 heterocycles. The molecule has 0 aromatic heterocycles. The smallest absolute Gasteiger partial charge is 0.0367 e. The summed E-state index contributed by atoms with van der Waals surface area (Å²) in [5.41, 5.74) is 1.69. The van der Waals surface area contributed by atoms with Gasteiger partial charge in [-0.2, -0.15) is 0 Å². The zero-order chi connectivity index (χ0) is 9.10. The highest BCUT2D eigenvalue weighted by Crippen LogP contribution is 2.35. The van der Waals surface area contributed by atoms with Crippen molar-refractivity contribution in [2.24, 2.45) is 5.92 Å². The van der Waals surface area contributed by atoms with Gasteiger partial charge in [0.1, 0.15) is 0 Å². The molecule has 2 atom stereocenters. The van der Waals surface area contributed by atoms with Gasteiger partial charge in [-0.15, -0.1) is 11.6 Å². The third-order valence-electron chi connectivity index (χ3n) is 3.48. The largest absolute Gasteiger partial charge is 0.123 e. The van der Waals surface area contributed by atoms with Gasteiger partial charge in [-0.05, 0) is 44.4 Å². The zero-order valence-electron chi connectivity index (χ0n) is 8.27. The van der Waals surface area contributed by atoms with Gasteiger partial charge in [-0.25, -0.2) is 0 Å². The second kappa shape index (κ2) is 4.50. The second-order valence-corrected chi connectivity index (χ2v) is 5.08. The molecule has 0 bridgehead atoms.